The number of aryl methyl sites for hydroxylation is 1. The molecule has 0 saturated heterocycles. The number of aliphatic imine (C=N–C) groups is 1. The number of nitrogens with one attached hydrogen (secondary N) is 2. The highest BCUT2D eigenvalue weighted by Crippen LogP contribution is 2.32. The van der Waals surface area contributed by atoms with Crippen LogP contribution in [0.1, 0.15) is 18.1 Å². The fraction of sp³-hybridized carbons (Fsp3) is 0.444. The second kappa shape index (κ2) is 8.41. The monoisotopic (exact) mass is 343 g/mol. The molecule has 2 aromatic rings. The molecule has 7 heteroatoms. The number of nitrogens with zero attached hydrogens (tertiary/aromatic N) is 3. The molecule has 0 amide bonds. The van der Waals surface area contributed by atoms with Gasteiger partial charge in [0.25, 0.3) is 0 Å². The number of hydrogen-bond acceptors (Lipinski definition) is 4. The summed E-state index contributed by atoms with van der Waals surface area (Å²) >= 11 is 0. The molecular weight excluding hydrogens is 318 g/mol. The van der Waals surface area contributed by atoms with Crippen LogP contribution in [0.5, 0.6) is 11.5 Å². The van der Waals surface area contributed by atoms with Gasteiger partial charge < -0.3 is 20.1 Å². The average Bonchev–Trinajstić information content (AvgIpc) is 3.23. The first-order chi connectivity index (χ1) is 12.2. The molecule has 1 aliphatic rings. The van der Waals surface area contributed by atoms with Crippen LogP contribution in [0.4, 0.5) is 0 Å². The Morgan fingerprint density at radius 1 is 1.20 bits per heavy atom. The second-order valence-electron chi connectivity index (χ2n) is 5.90. The molecule has 0 aliphatic carbocycles. The van der Waals surface area contributed by atoms with Crippen LogP contribution in [-0.2, 0) is 19.9 Å². The number of ether oxygens (including phenoxy) is 2. The predicted octanol–water partition coefficient (Wildman–Crippen LogP) is 1.49. The maximum absolute atomic E-state index is 5.41. The minimum atomic E-state index is 0.308. The van der Waals surface area contributed by atoms with Crippen molar-refractivity contribution in [1.82, 2.24) is 20.4 Å². The van der Waals surface area contributed by atoms with Crippen molar-refractivity contribution in [2.75, 3.05) is 26.4 Å². The Bertz CT molecular complexity index is 726. The number of hydrogen-bond donors (Lipinski definition) is 2. The van der Waals surface area contributed by atoms with Crippen LogP contribution >= 0.6 is 0 Å². The summed E-state index contributed by atoms with van der Waals surface area (Å²) in [7, 11) is 1.93. The molecule has 1 aliphatic heterocycles. The van der Waals surface area contributed by atoms with E-state index in [4.69, 9.17) is 9.47 Å². The highest BCUT2D eigenvalue weighted by Gasteiger charge is 2.12. The Morgan fingerprint density at radius 3 is 2.88 bits per heavy atom. The lowest BCUT2D eigenvalue weighted by atomic mass is 10.1. The van der Waals surface area contributed by atoms with Crippen molar-refractivity contribution in [3.63, 3.8) is 0 Å². The summed E-state index contributed by atoms with van der Waals surface area (Å²) in [4.78, 5) is 4.64. The number of aromatic nitrogens is 2. The topological polar surface area (TPSA) is 72.7 Å². The van der Waals surface area contributed by atoms with Gasteiger partial charge in [-0.05, 0) is 43.0 Å². The summed E-state index contributed by atoms with van der Waals surface area (Å²) in [5.74, 6) is 2.48. The third kappa shape index (κ3) is 4.89. The van der Waals surface area contributed by atoms with Crippen molar-refractivity contribution in [2.45, 2.75) is 19.8 Å². The minimum Gasteiger partial charge on any atom is -0.454 e. The van der Waals surface area contributed by atoms with E-state index in [1.807, 2.05) is 36.3 Å². The largest absolute Gasteiger partial charge is 0.454 e. The van der Waals surface area contributed by atoms with E-state index < -0.39 is 0 Å². The van der Waals surface area contributed by atoms with Crippen LogP contribution in [0, 0.1) is 0 Å². The van der Waals surface area contributed by atoms with Crippen molar-refractivity contribution >= 4 is 5.96 Å². The number of benzene rings is 1. The molecule has 0 spiro atoms. The Labute approximate surface area is 148 Å². The Kier molecular flexibility index (Phi) is 5.77. The summed E-state index contributed by atoms with van der Waals surface area (Å²) in [6.07, 6.45) is 5.70. The van der Waals surface area contributed by atoms with Crippen LogP contribution in [0.15, 0.2) is 35.6 Å². The van der Waals surface area contributed by atoms with E-state index in [-0.39, 0.29) is 0 Å². The summed E-state index contributed by atoms with van der Waals surface area (Å²) in [6, 6.07) is 6.05. The SMILES string of the molecule is CCNC(=NCCc1ccc2c(c1)OCO2)NCCc1cnn(C)c1. The van der Waals surface area contributed by atoms with Crippen LogP contribution in [0.3, 0.4) is 0 Å². The van der Waals surface area contributed by atoms with E-state index in [1.165, 1.54) is 11.1 Å². The summed E-state index contributed by atoms with van der Waals surface area (Å²) in [6.45, 7) is 4.74. The zero-order valence-electron chi connectivity index (χ0n) is 14.8. The molecule has 1 aromatic heterocycles. The van der Waals surface area contributed by atoms with E-state index in [0.717, 1.165) is 43.4 Å². The van der Waals surface area contributed by atoms with Crippen molar-refractivity contribution in [2.24, 2.45) is 12.0 Å². The Balaban J connectivity index is 1.47. The molecule has 0 saturated carbocycles. The molecule has 0 fully saturated rings. The molecular formula is C18H25N5O2. The van der Waals surface area contributed by atoms with Gasteiger partial charge in [-0.2, -0.15) is 5.10 Å². The molecule has 0 radical (unpaired) electrons. The zero-order valence-corrected chi connectivity index (χ0v) is 14.8. The highest BCUT2D eigenvalue weighted by molar-refractivity contribution is 5.79. The number of fused-ring (bicyclic) bond motifs is 1. The van der Waals surface area contributed by atoms with E-state index >= 15 is 0 Å². The molecule has 7 nitrogen and oxygen atoms in total. The molecule has 2 heterocycles. The molecule has 25 heavy (non-hydrogen) atoms. The van der Waals surface area contributed by atoms with E-state index in [2.05, 4.69) is 33.7 Å². The Morgan fingerprint density at radius 2 is 2.08 bits per heavy atom. The fourth-order valence-electron chi connectivity index (χ4n) is 2.66. The van der Waals surface area contributed by atoms with E-state index in [9.17, 15) is 0 Å². The lowest BCUT2D eigenvalue weighted by Crippen LogP contribution is -2.38. The molecule has 1 aromatic carbocycles. The van der Waals surface area contributed by atoms with Crippen molar-refractivity contribution in [3.05, 3.63) is 41.7 Å². The quantitative estimate of drug-likeness (QED) is 0.589. The molecule has 2 N–H and O–H groups in total. The average molecular weight is 343 g/mol. The van der Waals surface area contributed by atoms with Crippen LogP contribution in [0.2, 0.25) is 0 Å². The lowest BCUT2D eigenvalue weighted by Gasteiger charge is -2.11. The fourth-order valence-corrected chi connectivity index (χ4v) is 2.66. The van der Waals surface area contributed by atoms with Crippen LogP contribution in [-0.4, -0.2) is 42.2 Å². The van der Waals surface area contributed by atoms with Gasteiger partial charge in [0, 0.05) is 32.9 Å². The lowest BCUT2D eigenvalue weighted by molar-refractivity contribution is 0.174. The molecule has 3 rings (SSSR count). The normalized spacial score (nSPS) is 13.1. The first kappa shape index (κ1) is 17.1. The van der Waals surface area contributed by atoms with Crippen LogP contribution in [0.25, 0.3) is 0 Å². The second-order valence-corrected chi connectivity index (χ2v) is 5.90. The van der Waals surface area contributed by atoms with Gasteiger partial charge in [-0.15, -0.1) is 0 Å². The van der Waals surface area contributed by atoms with Crippen molar-refractivity contribution in [3.8, 4) is 11.5 Å². The molecule has 134 valence electrons. The minimum absolute atomic E-state index is 0.308. The summed E-state index contributed by atoms with van der Waals surface area (Å²) in [5, 5.41) is 10.8. The van der Waals surface area contributed by atoms with Crippen molar-refractivity contribution < 1.29 is 9.47 Å². The maximum atomic E-state index is 5.41. The number of rotatable bonds is 7. The highest BCUT2D eigenvalue weighted by atomic mass is 16.7. The van der Waals surface area contributed by atoms with Gasteiger partial charge in [0.1, 0.15) is 0 Å². The van der Waals surface area contributed by atoms with Gasteiger partial charge in [-0.1, -0.05) is 6.07 Å². The molecule has 0 atom stereocenters. The van der Waals surface area contributed by atoms with Gasteiger partial charge in [-0.3, -0.25) is 9.67 Å². The van der Waals surface area contributed by atoms with Crippen LogP contribution < -0.4 is 20.1 Å². The maximum Gasteiger partial charge on any atom is 0.231 e. The number of guanidine groups is 1. The van der Waals surface area contributed by atoms with E-state index in [1.54, 1.807) is 0 Å². The molecule has 0 bridgehead atoms. The van der Waals surface area contributed by atoms with E-state index in [0.29, 0.717) is 13.3 Å². The van der Waals surface area contributed by atoms with Crippen molar-refractivity contribution in [1.29, 1.82) is 0 Å². The standard InChI is InChI=1S/C18H25N5O2/c1-3-19-18(21-9-7-15-11-22-23(2)12-15)20-8-6-14-4-5-16-17(10-14)25-13-24-16/h4-5,10-12H,3,6-9,13H2,1-2H3,(H2,19,20,21). The summed E-state index contributed by atoms with van der Waals surface area (Å²) < 4.78 is 12.6. The van der Waals surface area contributed by atoms with Gasteiger partial charge in [0.15, 0.2) is 17.5 Å². The van der Waals surface area contributed by atoms with Gasteiger partial charge in [0.05, 0.1) is 6.20 Å². The third-order valence-electron chi connectivity index (χ3n) is 3.92. The predicted molar refractivity (Wildman–Crippen MR) is 97.2 cm³/mol. The third-order valence-corrected chi connectivity index (χ3v) is 3.92. The molecule has 0 unspecified atom stereocenters. The zero-order chi connectivity index (χ0) is 17.5. The van der Waals surface area contributed by atoms with Gasteiger partial charge in [0.2, 0.25) is 6.79 Å². The van der Waals surface area contributed by atoms with Gasteiger partial charge >= 0.3 is 0 Å². The Hall–Kier alpha value is -2.70. The van der Waals surface area contributed by atoms with Gasteiger partial charge in [-0.25, -0.2) is 0 Å². The first-order valence-corrected chi connectivity index (χ1v) is 8.63. The smallest absolute Gasteiger partial charge is 0.231 e. The first-order valence-electron chi connectivity index (χ1n) is 8.63. The summed E-state index contributed by atoms with van der Waals surface area (Å²) in [5.41, 5.74) is 2.41.